The minimum absolute atomic E-state index is 0.0359. The van der Waals surface area contributed by atoms with Gasteiger partial charge in [-0.25, -0.2) is 4.99 Å². The average molecular weight is 343 g/mol. The number of nitrogens with zero attached hydrogens (tertiary/aromatic N) is 2. The van der Waals surface area contributed by atoms with Gasteiger partial charge in [-0.1, -0.05) is 30.3 Å². The highest BCUT2D eigenvalue weighted by Crippen LogP contribution is 2.45. The molecule has 0 fully saturated rings. The number of ketones is 1. The van der Waals surface area contributed by atoms with Crippen LogP contribution in [0.5, 0.6) is 0 Å². The van der Waals surface area contributed by atoms with Crippen LogP contribution in [0.1, 0.15) is 43.1 Å². The van der Waals surface area contributed by atoms with E-state index in [1.165, 1.54) is 4.90 Å². The van der Waals surface area contributed by atoms with Gasteiger partial charge in [0.15, 0.2) is 11.7 Å². The van der Waals surface area contributed by atoms with Gasteiger partial charge in [0.2, 0.25) is 5.91 Å². The molecule has 2 unspecified atom stereocenters. The molecule has 0 radical (unpaired) electrons. The summed E-state index contributed by atoms with van der Waals surface area (Å²) < 4.78 is 0. The topological polar surface area (TPSA) is 75.8 Å². The zero-order valence-corrected chi connectivity index (χ0v) is 14.9. The number of guanidine groups is 1. The normalized spacial score (nSPS) is 27.0. The number of thioether (sulfide) groups is 1. The number of Topliss-reactive ketones (excluding diaryl/α,β-unsaturated/α-hetero) is 1. The molecule has 2 N–H and O–H groups in total. The van der Waals surface area contributed by atoms with Crippen molar-refractivity contribution in [3.05, 3.63) is 46.4 Å². The van der Waals surface area contributed by atoms with Crippen LogP contribution in [0, 0.1) is 0 Å². The van der Waals surface area contributed by atoms with Crippen LogP contribution in [0.25, 0.3) is 0 Å². The Bertz CT molecular complexity index is 771. The Hall–Kier alpha value is -2.08. The number of hydrogen-bond acceptors (Lipinski definition) is 5. The smallest absolute Gasteiger partial charge is 0.231 e. The molecular formula is C18H21N3O2S. The van der Waals surface area contributed by atoms with Gasteiger partial charge in [0, 0.05) is 17.2 Å². The van der Waals surface area contributed by atoms with E-state index in [4.69, 9.17) is 5.73 Å². The van der Waals surface area contributed by atoms with Crippen molar-refractivity contribution in [3.63, 3.8) is 0 Å². The quantitative estimate of drug-likeness (QED) is 0.915. The van der Waals surface area contributed by atoms with E-state index in [1.807, 2.05) is 25.1 Å². The van der Waals surface area contributed by atoms with Crippen LogP contribution in [0.3, 0.4) is 0 Å². The van der Waals surface area contributed by atoms with Gasteiger partial charge in [-0.2, -0.15) is 0 Å². The van der Waals surface area contributed by atoms with Crippen LogP contribution in [-0.2, 0) is 15.1 Å². The van der Waals surface area contributed by atoms with Crippen LogP contribution >= 0.6 is 11.8 Å². The van der Waals surface area contributed by atoms with Crippen molar-refractivity contribution in [2.24, 2.45) is 10.7 Å². The summed E-state index contributed by atoms with van der Waals surface area (Å²) in [6.45, 7) is 3.53. The predicted octanol–water partition coefficient (Wildman–Crippen LogP) is 2.73. The number of carbonyl (C=O) groups is 2. The molecule has 2 aliphatic heterocycles. The standard InChI is InChI=1S/C18H21N3O2S/c1-11(22)14-7-8-15(24-14)12-5-4-6-13(9-12)18(2)10-16(23)21(3)17(19)20-18/h4-7,9,15H,8,10H2,1-3H3,(H2,19,20). The van der Waals surface area contributed by atoms with Gasteiger partial charge in [-0.05, 0) is 31.4 Å². The SMILES string of the molecule is CC(=O)C1=CCC(c2cccc(C3(C)CC(=O)N(C)C(N)=N3)c2)S1. The molecule has 3 rings (SSSR count). The molecule has 6 heteroatoms. The van der Waals surface area contributed by atoms with Crippen molar-refractivity contribution in [2.45, 2.75) is 37.5 Å². The lowest BCUT2D eigenvalue weighted by molar-refractivity contribution is -0.128. The summed E-state index contributed by atoms with van der Waals surface area (Å²) in [6.07, 6.45) is 3.14. The molecule has 5 nitrogen and oxygen atoms in total. The summed E-state index contributed by atoms with van der Waals surface area (Å²) in [7, 11) is 1.64. The summed E-state index contributed by atoms with van der Waals surface area (Å²) in [6, 6.07) is 8.11. The van der Waals surface area contributed by atoms with Gasteiger partial charge in [-0.3, -0.25) is 14.5 Å². The second kappa shape index (κ2) is 6.09. The summed E-state index contributed by atoms with van der Waals surface area (Å²) in [4.78, 5) is 30.5. The summed E-state index contributed by atoms with van der Waals surface area (Å²) in [5.41, 5.74) is 7.37. The van der Waals surface area contributed by atoms with Crippen molar-refractivity contribution in [2.75, 3.05) is 7.05 Å². The van der Waals surface area contributed by atoms with Crippen LogP contribution in [0.2, 0.25) is 0 Å². The van der Waals surface area contributed by atoms with Crippen molar-refractivity contribution >= 4 is 29.4 Å². The molecule has 2 aliphatic rings. The lowest BCUT2D eigenvalue weighted by Crippen LogP contribution is -2.47. The van der Waals surface area contributed by atoms with E-state index in [2.05, 4.69) is 17.1 Å². The Kier molecular flexibility index (Phi) is 4.25. The average Bonchev–Trinajstić information content (AvgIpc) is 3.03. The summed E-state index contributed by atoms with van der Waals surface area (Å²) in [5, 5.41) is 0.232. The van der Waals surface area contributed by atoms with Gasteiger partial charge in [-0.15, -0.1) is 11.8 Å². The van der Waals surface area contributed by atoms with Crippen molar-refractivity contribution < 1.29 is 9.59 Å². The van der Waals surface area contributed by atoms with Crippen LogP contribution in [-0.4, -0.2) is 29.6 Å². The molecular weight excluding hydrogens is 322 g/mol. The molecule has 24 heavy (non-hydrogen) atoms. The molecule has 0 saturated heterocycles. The first kappa shape index (κ1) is 16.8. The molecule has 1 aromatic carbocycles. The first-order valence-corrected chi connectivity index (χ1v) is 8.78. The fourth-order valence-corrected chi connectivity index (χ4v) is 4.18. The highest BCUT2D eigenvalue weighted by Gasteiger charge is 2.36. The number of benzene rings is 1. The predicted molar refractivity (Wildman–Crippen MR) is 96.5 cm³/mol. The van der Waals surface area contributed by atoms with E-state index < -0.39 is 5.54 Å². The van der Waals surface area contributed by atoms with E-state index in [-0.39, 0.29) is 22.9 Å². The van der Waals surface area contributed by atoms with Crippen LogP contribution in [0.15, 0.2) is 40.2 Å². The third-order valence-corrected chi connectivity index (χ3v) is 6.05. The molecule has 1 amide bonds. The molecule has 0 saturated carbocycles. The summed E-state index contributed by atoms with van der Waals surface area (Å²) in [5.74, 6) is 0.324. The van der Waals surface area contributed by atoms with Crippen molar-refractivity contribution in [1.82, 2.24) is 4.90 Å². The number of allylic oxidation sites excluding steroid dienone is 2. The van der Waals surface area contributed by atoms with Gasteiger partial charge in [0.05, 0.1) is 12.0 Å². The molecule has 0 spiro atoms. The second-order valence-corrected chi connectivity index (χ2v) is 7.71. The maximum atomic E-state index is 12.2. The Morgan fingerprint density at radius 1 is 1.46 bits per heavy atom. The van der Waals surface area contributed by atoms with E-state index in [9.17, 15) is 9.59 Å². The summed E-state index contributed by atoms with van der Waals surface area (Å²) >= 11 is 1.60. The zero-order valence-electron chi connectivity index (χ0n) is 14.1. The van der Waals surface area contributed by atoms with Crippen molar-refractivity contribution in [1.29, 1.82) is 0 Å². The number of rotatable bonds is 3. The largest absolute Gasteiger partial charge is 0.369 e. The molecule has 0 aromatic heterocycles. The van der Waals surface area contributed by atoms with E-state index in [0.29, 0.717) is 6.42 Å². The van der Waals surface area contributed by atoms with Crippen LogP contribution in [0.4, 0.5) is 0 Å². The van der Waals surface area contributed by atoms with E-state index in [1.54, 1.807) is 25.7 Å². The zero-order chi connectivity index (χ0) is 17.5. The monoisotopic (exact) mass is 343 g/mol. The molecule has 0 aliphatic carbocycles. The van der Waals surface area contributed by atoms with Gasteiger partial charge in [0.1, 0.15) is 0 Å². The lowest BCUT2D eigenvalue weighted by atomic mass is 9.86. The first-order chi connectivity index (χ1) is 11.3. The van der Waals surface area contributed by atoms with Gasteiger partial charge in [0.25, 0.3) is 0 Å². The Morgan fingerprint density at radius 2 is 2.21 bits per heavy atom. The first-order valence-electron chi connectivity index (χ1n) is 7.90. The Labute approximate surface area is 146 Å². The second-order valence-electron chi connectivity index (χ2n) is 6.47. The van der Waals surface area contributed by atoms with Gasteiger partial charge < -0.3 is 5.73 Å². The maximum absolute atomic E-state index is 12.2. The van der Waals surface area contributed by atoms with Gasteiger partial charge >= 0.3 is 0 Å². The minimum Gasteiger partial charge on any atom is -0.369 e. The number of carbonyl (C=O) groups excluding carboxylic acids is 2. The van der Waals surface area contributed by atoms with Crippen LogP contribution < -0.4 is 5.73 Å². The fraction of sp³-hybridized carbons (Fsp3) is 0.389. The number of aliphatic imine (C=N–C) groups is 1. The highest BCUT2D eigenvalue weighted by molar-refractivity contribution is 8.04. The molecule has 126 valence electrons. The number of amides is 1. The maximum Gasteiger partial charge on any atom is 0.231 e. The van der Waals surface area contributed by atoms with E-state index >= 15 is 0 Å². The minimum atomic E-state index is -0.649. The molecule has 2 atom stereocenters. The third kappa shape index (κ3) is 2.98. The Balaban J connectivity index is 1.89. The molecule has 1 aromatic rings. The number of hydrogen-bond donors (Lipinski definition) is 1. The molecule has 0 bridgehead atoms. The highest BCUT2D eigenvalue weighted by atomic mass is 32.2. The Morgan fingerprint density at radius 3 is 2.83 bits per heavy atom. The number of nitrogens with two attached hydrogens (primary N) is 1. The van der Waals surface area contributed by atoms with E-state index in [0.717, 1.165) is 22.5 Å². The van der Waals surface area contributed by atoms with Crippen molar-refractivity contribution in [3.8, 4) is 0 Å². The molecule has 2 heterocycles. The third-order valence-electron chi connectivity index (χ3n) is 4.59. The lowest BCUT2D eigenvalue weighted by Gasteiger charge is -2.34. The fourth-order valence-electron chi connectivity index (χ4n) is 3.04.